The molecule has 1 fully saturated rings. The highest BCUT2D eigenvalue weighted by atomic mass is 16.6. The summed E-state index contributed by atoms with van der Waals surface area (Å²) in [5.41, 5.74) is -1.08. The molecule has 2 N–H and O–H groups in total. The van der Waals surface area contributed by atoms with Crippen LogP contribution < -0.4 is 10.4 Å². The molecule has 6 heteroatoms. The van der Waals surface area contributed by atoms with E-state index in [1.165, 1.54) is 13.2 Å². The molecule has 158 valence electrons. The lowest BCUT2D eigenvalue weighted by molar-refractivity contribution is -0.0579. The molecule has 0 saturated carbocycles. The molecule has 0 amide bonds. The summed E-state index contributed by atoms with van der Waals surface area (Å²) in [6.45, 7) is 8.79. The van der Waals surface area contributed by atoms with Gasteiger partial charge in [-0.15, -0.1) is 0 Å². The molecule has 1 aromatic rings. The van der Waals surface area contributed by atoms with Crippen LogP contribution in [0.3, 0.4) is 0 Å². The van der Waals surface area contributed by atoms with Crippen molar-refractivity contribution in [1.29, 1.82) is 0 Å². The number of methoxy groups -OCH3 is 1. The first kappa shape index (κ1) is 22.9. The van der Waals surface area contributed by atoms with Gasteiger partial charge in [-0.05, 0) is 46.8 Å². The topological polar surface area (TPSA) is 89.1 Å². The first-order valence-electron chi connectivity index (χ1n) is 9.49. The molecular formula is C23H30O6. The molecule has 0 bridgehead atoms. The Kier molecular flexibility index (Phi) is 7.06. The van der Waals surface area contributed by atoms with Gasteiger partial charge in [0.2, 0.25) is 0 Å². The molecule has 2 heterocycles. The van der Waals surface area contributed by atoms with Gasteiger partial charge in [-0.1, -0.05) is 36.0 Å². The maximum atomic E-state index is 11.5. The minimum Gasteiger partial charge on any atom is -0.496 e. The quantitative estimate of drug-likeness (QED) is 0.710. The summed E-state index contributed by atoms with van der Waals surface area (Å²) < 4.78 is 16.1. The summed E-state index contributed by atoms with van der Waals surface area (Å²) in [6.07, 6.45) is 11.1. The third-order valence-electron chi connectivity index (χ3n) is 5.22. The molecular weight excluding hydrogens is 372 g/mol. The number of allylic oxidation sites excluding steroid dienone is 6. The highest BCUT2D eigenvalue weighted by molar-refractivity contribution is 5.52. The smallest absolute Gasteiger partial charge is 0.339 e. The lowest BCUT2D eigenvalue weighted by Gasteiger charge is -2.28. The first-order valence-corrected chi connectivity index (χ1v) is 9.49. The normalized spacial score (nSPS) is 30.8. The molecule has 0 radical (unpaired) electrons. The highest BCUT2D eigenvalue weighted by Gasteiger charge is 2.55. The van der Waals surface area contributed by atoms with Crippen LogP contribution in [-0.2, 0) is 4.74 Å². The fourth-order valence-corrected chi connectivity index (χ4v) is 3.38. The molecule has 29 heavy (non-hydrogen) atoms. The Balaban J connectivity index is 2.04. The summed E-state index contributed by atoms with van der Waals surface area (Å²) in [5, 5.41) is 20.8. The van der Waals surface area contributed by atoms with Crippen molar-refractivity contribution < 1.29 is 24.1 Å². The van der Waals surface area contributed by atoms with Gasteiger partial charge in [-0.25, -0.2) is 4.79 Å². The first-order chi connectivity index (χ1) is 13.5. The zero-order valence-electron chi connectivity index (χ0n) is 17.8. The highest BCUT2D eigenvalue weighted by Crippen LogP contribution is 2.39. The Morgan fingerprint density at radius 2 is 1.90 bits per heavy atom. The molecule has 2 rings (SSSR count). The van der Waals surface area contributed by atoms with Crippen LogP contribution in [-0.4, -0.2) is 40.7 Å². The third-order valence-corrected chi connectivity index (χ3v) is 5.22. The van der Waals surface area contributed by atoms with Gasteiger partial charge in [0.25, 0.3) is 0 Å². The van der Waals surface area contributed by atoms with Crippen molar-refractivity contribution in [2.45, 2.75) is 58.0 Å². The number of aliphatic hydroxyl groups is 2. The van der Waals surface area contributed by atoms with Gasteiger partial charge < -0.3 is 24.1 Å². The Hall–Kier alpha value is -2.41. The van der Waals surface area contributed by atoms with E-state index in [-0.39, 0.29) is 0 Å². The van der Waals surface area contributed by atoms with Crippen molar-refractivity contribution >= 4 is 6.08 Å². The summed E-state index contributed by atoms with van der Waals surface area (Å²) in [6, 6.07) is 1.31. The zero-order chi connectivity index (χ0) is 21.8. The van der Waals surface area contributed by atoms with Gasteiger partial charge in [0.05, 0.1) is 19.3 Å². The molecule has 6 nitrogen and oxygen atoms in total. The van der Waals surface area contributed by atoms with Gasteiger partial charge in [-0.3, -0.25) is 0 Å². The van der Waals surface area contributed by atoms with E-state index >= 15 is 0 Å². The van der Waals surface area contributed by atoms with Gasteiger partial charge in [0, 0.05) is 5.56 Å². The monoisotopic (exact) mass is 402 g/mol. The average molecular weight is 402 g/mol. The molecule has 1 aliphatic rings. The molecule has 1 aliphatic heterocycles. The second kappa shape index (κ2) is 8.95. The van der Waals surface area contributed by atoms with Crippen LogP contribution in [0.25, 0.3) is 6.08 Å². The fraction of sp³-hybridized carbons (Fsp3) is 0.435. The molecule has 0 spiro atoms. The number of hydrogen-bond acceptors (Lipinski definition) is 6. The average Bonchev–Trinajstić information content (AvgIpc) is 2.79. The summed E-state index contributed by atoms with van der Waals surface area (Å²) >= 11 is 0. The Morgan fingerprint density at radius 3 is 2.48 bits per heavy atom. The second-order valence-electron chi connectivity index (χ2n) is 7.69. The molecule has 0 aliphatic carbocycles. The molecule has 0 aromatic carbocycles. The maximum absolute atomic E-state index is 11.5. The fourth-order valence-electron chi connectivity index (χ4n) is 3.38. The number of rotatable bonds is 6. The molecule has 1 saturated heterocycles. The zero-order valence-corrected chi connectivity index (χ0v) is 17.8. The Morgan fingerprint density at radius 1 is 1.24 bits per heavy atom. The standard InChI is InChI=1S/C23H30O6/c1-15(14-22(4)21(25)23(5,26)17(3)29-22)11-9-7-8-10-12-18-16(2)19(27-6)13-20(24)28-18/h7-14,17,21,25-26H,1-6H3/t17-,21+,22+,23-/m0/s1. The van der Waals surface area contributed by atoms with Crippen molar-refractivity contribution in [2.24, 2.45) is 0 Å². The van der Waals surface area contributed by atoms with Gasteiger partial charge >= 0.3 is 5.63 Å². The maximum Gasteiger partial charge on any atom is 0.339 e. The van der Waals surface area contributed by atoms with Crippen molar-refractivity contribution in [3.8, 4) is 5.75 Å². The molecule has 4 atom stereocenters. The van der Waals surface area contributed by atoms with Crippen molar-refractivity contribution in [2.75, 3.05) is 7.11 Å². The van der Waals surface area contributed by atoms with Gasteiger partial charge in [-0.2, -0.15) is 0 Å². The van der Waals surface area contributed by atoms with Crippen molar-refractivity contribution in [3.05, 3.63) is 69.8 Å². The van der Waals surface area contributed by atoms with Crippen LogP contribution in [0.2, 0.25) is 0 Å². The van der Waals surface area contributed by atoms with Crippen LogP contribution in [0.1, 0.15) is 39.0 Å². The summed E-state index contributed by atoms with van der Waals surface area (Å²) in [4.78, 5) is 11.5. The van der Waals surface area contributed by atoms with Crippen LogP contribution in [0.15, 0.2) is 57.3 Å². The van der Waals surface area contributed by atoms with E-state index in [4.69, 9.17) is 13.9 Å². The van der Waals surface area contributed by atoms with E-state index in [1.54, 1.807) is 39.0 Å². The predicted molar refractivity (Wildman–Crippen MR) is 113 cm³/mol. The van der Waals surface area contributed by atoms with E-state index in [1.807, 2.05) is 38.2 Å². The van der Waals surface area contributed by atoms with Gasteiger partial charge in [0.15, 0.2) is 0 Å². The number of ether oxygens (including phenoxy) is 2. The van der Waals surface area contributed by atoms with Crippen LogP contribution in [0.5, 0.6) is 5.75 Å². The van der Waals surface area contributed by atoms with Gasteiger partial charge in [0.1, 0.15) is 28.8 Å². The minimum atomic E-state index is -1.30. The molecule has 1 aromatic heterocycles. The largest absolute Gasteiger partial charge is 0.496 e. The van der Waals surface area contributed by atoms with E-state index in [0.29, 0.717) is 11.5 Å². The SMILES string of the molecule is COc1cc(=O)oc(C=CC=CC=CC(C)=C[C@@]2(C)O[C@@H](C)[C@](C)(O)[C@@H]2O)c1C. The third kappa shape index (κ3) is 5.15. The van der Waals surface area contributed by atoms with E-state index in [2.05, 4.69) is 0 Å². The predicted octanol–water partition coefficient (Wildman–Crippen LogP) is 3.32. The second-order valence-corrected chi connectivity index (χ2v) is 7.69. The van der Waals surface area contributed by atoms with E-state index in [9.17, 15) is 15.0 Å². The number of hydrogen-bond donors (Lipinski definition) is 2. The van der Waals surface area contributed by atoms with Crippen LogP contribution in [0, 0.1) is 6.92 Å². The van der Waals surface area contributed by atoms with Crippen LogP contribution in [0.4, 0.5) is 0 Å². The lowest BCUT2D eigenvalue weighted by Crippen LogP contribution is -2.47. The minimum absolute atomic E-state index is 0.445. The summed E-state index contributed by atoms with van der Waals surface area (Å²) in [5.74, 6) is 0.934. The van der Waals surface area contributed by atoms with E-state index < -0.39 is 29.0 Å². The van der Waals surface area contributed by atoms with E-state index in [0.717, 1.165) is 11.1 Å². The van der Waals surface area contributed by atoms with Crippen molar-refractivity contribution in [3.63, 3.8) is 0 Å². The van der Waals surface area contributed by atoms with Crippen LogP contribution >= 0.6 is 0 Å². The Bertz CT molecular complexity index is 902. The summed E-state index contributed by atoms with van der Waals surface area (Å²) in [7, 11) is 1.51. The molecule has 0 unspecified atom stereocenters. The lowest BCUT2D eigenvalue weighted by atomic mass is 9.86. The Labute approximate surface area is 171 Å². The van der Waals surface area contributed by atoms with Crippen molar-refractivity contribution in [1.82, 2.24) is 0 Å². The number of aliphatic hydroxyl groups excluding tert-OH is 1.